The second-order valence-corrected chi connectivity index (χ2v) is 4.15. The van der Waals surface area contributed by atoms with Crippen LogP contribution < -0.4 is 5.73 Å². The molecule has 0 saturated heterocycles. The van der Waals surface area contributed by atoms with Crippen molar-refractivity contribution < 1.29 is 9.53 Å². The molecule has 0 bridgehead atoms. The fourth-order valence-corrected chi connectivity index (χ4v) is 1.59. The topological polar surface area (TPSA) is 52.3 Å². The van der Waals surface area contributed by atoms with E-state index in [2.05, 4.69) is 0 Å². The van der Waals surface area contributed by atoms with Crippen LogP contribution in [0.4, 0.5) is 5.69 Å². The summed E-state index contributed by atoms with van der Waals surface area (Å²) in [5.74, 6) is -0.395. The van der Waals surface area contributed by atoms with E-state index >= 15 is 0 Å². The Bertz CT molecular complexity index is 547. The van der Waals surface area contributed by atoms with E-state index < -0.39 is 5.97 Å². The summed E-state index contributed by atoms with van der Waals surface area (Å²) in [6.07, 6.45) is 0. The minimum Gasteiger partial charge on any atom is -0.457 e. The highest BCUT2D eigenvalue weighted by Gasteiger charge is 2.10. The van der Waals surface area contributed by atoms with Gasteiger partial charge >= 0.3 is 5.97 Å². The van der Waals surface area contributed by atoms with E-state index in [4.69, 9.17) is 10.5 Å². The largest absolute Gasteiger partial charge is 0.457 e. The first-order valence-corrected chi connectivity index (χ1v) is 5.74. The van der Waals surface area contributed by atoms with Crippen molar-refractivity contribution in [2.45, 2.75) is 13.5 Å². The number of rotatable bonds is 3. The molecule has 0 heterocycles. The normalized spacial score (nSPS) is 10.1. The number of para-hydroxylation sites is 1. The maximum Gasteiger partial charge on any atom is 0.340 e. The van der Waals surface area contributed by atoms with Crippen molar-refractivity contribution in [1.29, 1.82) is 0 Å². The van der Waals surface area contributed by atoms with Crippen molar-refractivity contribution in [3.8, 4) is 0 Å². The number of hydrogen-bond donors (Lipinski definition) is 1. The van der Waals surface area contributed by atoms with Crippen molar-refractivity contribution in [2.24, 2.45) is 0 Å². The molecule has 0 atom stereocenters. The number of esters is 1. The highest BCUT2D eigenvalue weighted by atomic mass is 16.5. The molecule has 0 aliphatic rings. The van der Waals surface area contributed by atoms with E-state index in [0.717, 1.165) is 5.56 Å². The maximum absolute atomic E-state index is 11.8. The van der Waals surface area contributed by atoms with Crippen LogP contribution in [-0.4, -0.2) is 5.97 Å². The first-order chi connectivity index (χ1) is 8.66. The fraction of sp³-hybridized carbons (Fsp3) is 0.133. The minimum absolute atomic E-state index is 0.257. The van der Waals surface area contributed by atoms with Crippen molar-refractivity contribution in [3.63, 3.8) is 0 Å². The Morgan fingerprint density at radius 2 is 1.78 bits per heavy atom. The monoisotopic (exact) mass is 241 g/mol. The van der Waals surface area contributed by atoms with Gasteiger partial charge in [0.05, 0.1) is 5.56 Å². The molecular formula is C15H15NO2. The van der Waals surface area contributed by atoms with Crippen LogP contribution >= 0.6 is 0 Å². The molecule has 3 heteroatoms. The molecule has 3 nitrogen and oxygen atoms in total. The van der Waals surface area contributed by atoms with Gasteiger partial charge in [-0.25, -0.2) is 4.79 Å². The molecule has 0 unspecified atom stereocenters. The lowest BCUT2D eigenvalue weighted by atomic mass is 10.1. The molecular weight excluding hydrogens is 226 g/mol. The number of anilines is 1. The Morgan fingerprint density at radius 3 is 2.44 bits per heavy atom. The van der Waals surface area contributed by atoms with Gasteiger partial charge in [-0.1, -0.05) is 42.0 Å². The molecule has 2 aromatic carbocycles. The van der Waals surface area contributed by atoms with Crippen molar-refractivity contribution in [3.05, 3.63) is 65.2 Å². The summed E-state index contributed by atoms with van der Waals surface area (Å²) in [4.78, 5) is 11.8. The highest BCUT2D eigenvalue weighted by molar-refractivity contribution is 5.94. The van der Waals surface area contributed by atoms with Gasteiger partial charge in [-0.2, -0.15) is 0 Å². The molecule has 18 heavy (non-hydrogen) atoms. The number of nitrogens with two attached hydrogens (primary N) is 1. The van der Waals surface area contributed by atoms with Crippen LogP contribution in [0.2, 0.25) is 0 Å². The van der Waals surface area contributed by atoms with Crippen LogP contribution in [0.25, 0.3) is 0 Å². The van der Waals surface area contributed by atoms with Crippen LogP contribution in [0.15, 0.2) is 48.5 Å². The number of carbonyl (C=O) groups excluding carboxylic acids is 1. The van der Waals surface area contributed by atoms with Gasteiger partial charge in [0.25, 0.3) is 0 Å². The lowest BCUT2D eigenvalue weighted by Crippen LogP contribution is -2.08. The van der Waals surface area contributed by atoms with E-state index in [0.29, 0.717) is 11.3 Å². The maximum atomic E-state index is 11.8. The third-order valence-electron chi connectivity index (χ3n) is 2.67. The van der Waals surface area contributed by atoms with Gasteiger partial charge in [0, 0.05) is 5.69 Å². The zero-order chi connectivity index (χ0) is 13.0. The number of nitrogen functional groups attached to an aromatic ring is 1. The summed E-state index contributed by atoms with van der Waals surface area (Å²) in [5, 5.41) is 0. The summed E-state index contributed by atoms with van der Waals surface area (Å²) < 4.78 is 5.22. The predicted octanol–water partition coefficient (Wildman–Crippen LogP) is 2.93. The zero-order valence-corrected chi connectivity index (χ0v) is 10.2. The molecule has 0 aromatic heterocycles. The number of benzene rings is 2. The molecule has 0 fully saturated rings. The molecule has 92 valence electrons. The molecule has 2 rings (SSSR count). The first-order valence-electron chi connectivity index (χ1n) is 5.74. The quantitative estimate of drug-likeness (QED) is 0.664. The van der Waals surface area contributed by atoms with Crippen LogP contribution in [0.1, 0.15) is 21.5 Å². The van der Waals surface area contributed by atoms with Gasteiger partial charge in [-0.15, -0.1) is 0 Å². The summed E-state index contributed by atoms with van der Waals surface area (Å²) in [6.45, 7) is 2.27. The van der Waals surface area contributed by atoms with E-state index in [1.54, 1.807) is 24.3 Å². The van der Waals surface area contributed by atoms with Crippen LogP contribution in [-0.2, 0) is 11.3 Å². The van der Waals surface area contributed by atoms with Crippen molar-refractivity contribution >= 4 is 11.7 Å². The Morgan fingerprint density at radius 1 is 1.11 bits per heavy atom. The third-order valence-corrected chi connectivity index (χ3v) is 2.67. The zero-order valence-electron chi connectivity index (χ0n) is 10.2. The number of hydrogen-bond acceptors (Lipinski definition) is 3. The molecule has 0 amide bonds. The van der Waals surface area contributed by atoms with E-state index in [9.17, 15) is 4.79 Å². The van der Waals surface area contributed by atoms with Crippen LogP contribution in [0.3, 0.4) is 0 Å². The Hall–Kier alpha value is -2.29. The van der Waals surface area contributed by atoms with Crippen molar-refractivity contribution in [2.75, 3.05) is 5.73 Å². The minimum atomic E-state index is -0.395. The van der Waals surface area contributed by atoms with E-state index in [1.165, 1.54) is 5.56 Å². The number of ether oxygens (including phenoxy) is 1. The Balaban J connectivity index is 2.01. The van der Waals surface area contributed by atoms with Gasteiger partial charge in [-0.05, 0) is 24.6 Å². The van der Waals surface area contributed by atoms with Gasteiger partial charge in [0.1, 0.15) is 6.61 Å². The molecule has 0 radical (unpaired) electrons. The Kier molecular flexibility index (Phi) is 3.63. The fourth-order valence-electron chi connectivity index (χ4n) is 1.59. The summed E-state index contributed by atoms with van der Waals surface area (Å²) in [5.41, 5.74) is 8.69. The second-order valence-electron chi connectivity index (χ2n) is 4.15. The molecule has 2 N–H and O–H groups in total. The SMILES string of the molecule is Cc1ccc(COC(=O)c2ccccc2N)cc1. The smallest absolute Gasteiger partial charge is 0.340 e. The van der Waals surface area contributed by atoms with E-state index in [1.807, 2.05) is 31.2 Å². The molecule has 0 aliphatic carbocycles. The number of aryl methyl sites for hydroxylation is 1. The molecule has 0 saturated carbocycles. The van der Waals surface area contributed by atoms with Gasteiger partial charge in [-0.3, -0.25) is 0 Å². The van der Waals surface area contributed by atoms with Crippen molar-refractivity contribution in [1.82, 2.24) is 0 Å². The second kappa shape index (κ2) is 5.36. The molecule has 0 spiro atoms. The standard InChI is InChI=1S/C15H15NO2/c1-11-6-8-12(9-7-11)10-18-15(17)13-4-2-3-5-14(13)16/h2-9H,10,16H2,1H3. The predicted molar refractivity (Wildman–Crippen MR) is 71.2 cm³/mol. The van der Waals surface area contributed by atoms with Gasteiger partial charge in [0.2, 0.25) is 0 Å². The Labute approximate surface area is 106 Å². The molecule has 2 aromatic rings. The first kappa shape index (κ1) is 12.2. The third kappa shape index (κ3) is 2.88. The molecule has 0 aliphatic heterocycles. The van der Waals surface area contributed by atoms with E-state index in [-0.39, 0.29) is 6.61 Å². The lowest BCUT2D eigenvalue weighted by Gasteiger charge is -2.07. The lowest BCUT2D eigenvalue weighted by molar-refractivity contribution is 0.0474. The van der Waals surface area contributed by atoms with Gasteiger partial charge in [0.15, 0.2) is 0 Å². The van der Waals surface area contributed by atoms with Crippen LogP contribution in [0.5, 0.6) is 0 Å². The summed E-state index contributed by atoms with van der Waals surface area (Å²) in [7, 11) is 0. The average molecular weight is 241 g/mol. The van der Waals surface area contributed by atoms with Gasteiger partial charge < -0.3 is 10.5 Å². The average Bonchev–Trinajstić information content (AvgIpc) is 2.38. The van der Waals surface area contributed by atoms with Crippen LogP contribution in [0, 0.1) is 6.92 Å². The highest BCUT2D eigenvalue weighted by Crippen LogP contribution is 2.13. The number of carbonyl (C=O) groups is 1. The summed E-state index contributed by atoms with van der Waals surface area (Å²) in [6, 6.07) is 14.7. The summed E-state index contributed by atoms with van der Waals surface area (Å²) >= 11 is 0.